The highest BCUT2D eigenvalue weighted by Gasteiger charge is 2.23. The number of carbonyl (C=O) groups excluding carboxylic acids is 2. The zero-order valence-electron chi connectivity index (χ0n) is 12.0. The van der Waals surface area contributed by atoms with Gasteiger partial charge in [-0.2, -0.15) is 0 Å². The maximum atomic E-state index is 11.9. The van der Waals surface area contributed by atoms with Crippen molar-refractivity contribution in [3.63, 3.8) is 0 Å². The third-order valence-corrected chi connectivity index (χ3v) is 2.65. The highest BCUT2D eigenvalue weighted by Crippen LogP contribution is 2.00. The van der Waals surface area contributed by atoms with E-state index in [4.69, 9.17) is 9.84 Å². The minimum absolute atomic E-state index is 0.219. The number of nitrogens with zero attached hydrogens (tertiary/aromatic N) is 1. The van der Waals surface area contributed by atoms with Gasteiger partial charge >= 0.3 is 18.0 Å². The summed E-state index contributed by atoms with van der Waals surface area (Å²) in [5.41, 5.74) is 0. The molecule has 1 atom stereocenters. The summed E-state index contributed by atoms with van der Waals surface area (Å²) >= 11 is 0. The van der Waals surface area contributed by atoms with Crippen molar-refractivity contribution in [2.45, 2.75) is 25.8 Å². The van der Waals surface area contributed by atoms with Gasteiger partial charge in [0.2, 0.25) is 0 Å². The molecule has 2 N–H and O–H groups in total. The van der Waals surface area contributed by atoms with Crippen LogP contribution in [0, 0.1) is 0 Å². The highest BCUT2D eigenvalue weighted by atomic mass is 16.5. The molecular formula is C12H22N2O6. The van der Waals surface area contributed by atoms with E-state index in [2.05, 4.69) is 10.1 Å². The molecule has 0 aromatic carbocycles. The number of urea groups is 1. The molecular weight excluding hydrogens is 268 g/mol. The maximum absolute atomic E-state index is 11.9. The van der Waals surface area contributed by atoms with Gasteiger partial charge in [0.05, 0.1) is 7.11 Å². The Morgan fingerprint density at radius 2 is 1.95 bits per heavy atom. The van der Waals surface area contributed by atoms with E-state index < -0.39 is 24.0 Å². The number of esters is 1. The van der Waals surface area contributed by atoms with Gasteiger partial charge in [0.15, 0.2) is 0 Å². The van der Waals surface area contributed by atoms with E-state index >= 15 is 0 Å². The number of ether oxygens (including phenoxy) is 2. The predicted molar refractivity (Wildman–Crippen MR) is 70.3 cm³/mol. The van der Waals surface area contributed by atoms with Crippen molar-refractivity contribution in [3.8, 4) is 0 Å². The fraction of sp³-hybridized carbons (Fsp3) is 0.750. The van der Waals surface area contributed by atoms with E-state index in [-0.39, 0.29) is 19.5 Å². The van der Waals surface area contributed by atoms with Gasteiger partial charge in [-0.25, -0.2) is 9.59 Å². The number of rotatable bonds is 9. The molecule has 0 saturated carbocycles. The summed E-state index contributed by atoms with van der Waals surface area (Å²) in [5.74, 6) is -1.68. The van der Waals surface area contributed by atoms with Gasteiger partial charge in [-0.15, -0.1) is 0 Å². The topological polar surface area (TPSA) is 105 Å². The van der Waals surface area contributed by atoms with Crippen LogP contribution in [0.5, 0.6) is 0 Å². The molecule has 0 aromatic heterocycles. The van der Waals surface area contributed by atoms with Crippen molar-refractivity contribution in [2.75, 3.05) is 33.9 Å². The van der Waals surface area contributed by atoms with Crippen molar-refractivity contribution in [1.29, 1.82) is 0 Å². The van der Waals surface area contributed by atoms with Gasteiger partial charge in [0.25, 0.3) is 0 Å². The fourth-order valence-electron chi connectivity index (χ4n) is 1.48. The van der Waals surface area contributed by atoms with Crippen molar-refractivity contribution < 1.29 is 29.0 Å². The van der Waals surface area contributed by atoms with E-state index in [1.807, 2.05) is 0 Å². The number of aliphatic carboxylic acids is 1. The van der Waals surface area contributed by atoms with Gasteiger partial charge in [0, 0.05) is 20.3 Å². The minimum atomic E-state index is -1.12. The van der Waals surface area contributed by atoms with Crippen LogP contribution >= 0.6 is 0 Å². The van der Waals surface area contributed by atoms with Crippen LogP contribution in [-0.4, -0.2) is 67.9 Å². The molecule has 1 unspecified atom stereocenters. The number of nitrogens with one attached hydrogen (secondary N) is 1. The molecule has 0 heterocycles. The van der Waals surface area contributed by atoms with Crippen LogP contribution in [0.2, 0.25) is 0 Å². The summed E-state index contributed by atoms with van der Waals surface area (Å²) in [5, 5.41) is 11.4. The summed E-state index contributed by atoms with van der Waals surface area (Å²) in [6.45, 7) is 2.15. The lowest BCUT2D eigenvalue weighted by atomic mass is 10.1. The van der Waals surface area contributed by atoms with Crippen LogP contribution in [0.1, 0.15) is 19.8 Å². The molecule has 2 amide bonds. The Balaban J connectivity index is 4.47. The summed E-state index contributed by atoms with van der Waals surface area (Å²) < 4.78 is 9.31. The monoisotopic (exact) mass is 290 g/mol. The van der Waals surface area contributed by atoms with Crippen molar-refractivity contribution in [2.24, 2.45) is 0 Å². The van der Waals surface area contributed by atoms with E-state index in [1.165, 1.54) is 19.1 Å². The lowest BCUT2D eigenvalue weighted by Gasteiger charge is -2.22. The molecule has 0 aliphatic carbocycles. The maximum Gasteiger partial charge on any atom is 0.326 e. The first-order chi connectivity index (χ1) is 9.46. The number of hydrogen-bond donors (Lipinski definition) is 2. The second-order valence-electron chi connectivity index (χ2n) is 4.07. The van der Waals surface area contributed by atoms with Crippen LogP contribution in [0.15, 0.2) is 0 Å². The van der Waals surface area contributed by atoms with Gasteiger partial charge in [-0.1, -0.05) is 0 Å². The third kappa shape index (κ3) is 6.93. The van der Waals surface area contributed by atoms with Crippen molar-refractivity contribution >= 4 is 18.0 Å². The lowest BCUT2D eigenvalue weighted by Crippen LogP contribution is -2.49. The Bertz CT molecular complexity index is 334. The highest BCUT2D eigenvalue weighted by molar-refractivity contribution is 5.85. The van der Waals surface area contributed by atoms with E-state index in [1.54, 1.807) is 6.92 Å². The van der Waals surface area contributed by atoms with E-state index in [0.29, 0.717) is 13.0 Å². The second kappa shape index (κ2) is 10.0. The summed E-state index contributed by atoms with van der Waals surface area (Å²) in [7, 11) is 2.74. The molecule has 0 aliphatic rings. The Labute approximate surface area is 118 Å². The standard InChI is InChI=1S/C12H22N2O6/c1-4-14(8-10(15)20-3)12(18)13-9(11(16)17)6-5-7-19-2/h9H,4-8H2,1-3H3,(H,13,18)(H,16,17). The molecule has 0 aliphatic heterocycles. The number of carbonyl (C=O) groups is 3. The van der Waals surface area contributed by atoms with Crippen LogP contribution < -0.4 is 5.32 Å². The smallest absolute Gasteiger partial charge is 0.326 e. The third-order valence-electron chi connectivity index (χ3n) is 2.65. The molecule has 0 spiro atoms. The first-order valence-electron chi connectivity index (χ1n) is 6.30. The molecule has 0 rings (SSSR count). The van der Waals surface area contributed by atoms with Crippen LogP contribution in [0.4, 0.5) is 4.79 Å². The molecule has 0 bridgehead atoms. The molecule has 0 radical (unpaired) electrons. The van der Waals surface area contributed by atoms with Crippen LogP contribution in [-0.2, 0) is 19.1 Å². The summed E-state index contributed by atoms with van der Waals surface area (Å²) in [4.78, 5) is 35.3. The lowest BCUT2D eigenvalue weighted by molar-refractivity contribution is -0.141. The number of amides is 2. The van der Waals surface area contributed by atoms with Crippen LogP contribution in [0.3, 0.4) is 0 Å². The van der Waals surface area contributed by atoms with E-state index in [9.17, 15) is 14.4 Å². The Hall–Kier alpha value is -1.83. The summed E-state index contributed by atoms with van der Waals surface area (Å²) in [6.07, 6.45) is 0.765. The van der Waals surface area contributed by atoms with Gasteiger partial charge in [0.1, 0.15) is 12.6 Å². The molecule has 20 heavy (non-hydrogen) atoms. The molecule has 0 saturated heterocycles. The number of hydrogen-bond acceptors (Lipinski definition) is 5. The number of carboxylic acids is 1. The van der Waals surface area contributed by atoms with Crippen LogP contribution in [0.25, 0.3) is 0 Å². The minimum Gasteiger partial charge on any atom is -0.480 e. The zero-order chi connectivity index (χ0) is 15.5. The zero-order valence-corrected chi connectivity index (χ0v) is 12.0. The fourth-order valence-corrected chi connectivity index (χ4v) is 1.48. The van der Waals surface area contributed by atoms with Gasteiger partial charge in [-0.05, 0) is 19.8 Å². The van der Waals surface area contributed by atoms with Gasteiger partial charge < -0.3 is 24.8 Å². The first kappa shape index (κ1) is 18.2. The second-order valence-corrected chi connectivity index (χ2v) is 4.07. The summed E-state index contributed by atoms with van der Waals surface area (Å²) in [6, 6.07) is -1.62. The molecule has 116 valence electrons. The average molecular weight is 290 g/mol. The molecule has 8 heteroatoms. The molecule has 0 fully saturated rings. The predicted octanol–water partition coefficient (Wildman–Crippen LogP) is 0.0707. The largest absolute Gasteiger partial charge is 0.480 e. The average Bonchev–Trinajstić information content (AvgIpc) is 2.42. The van der Waals surface area contributed by atoms with Crippen molar-refractivity contribution in [1.82, 2.24) is 10.2 Å². The number of likely N-dealkylation sites (N-methyl/N-ethyl adjacent to an activating group) is 1. The normalized spacial score (nSPS) is 11.6. The Morgan fingerprint density at radius 3 is 2.40 bits per heavy atom. The Morgan fingerprint density at radius 1 is 1.30 bits per heavy atom. The molecule has 0 aromatic rings. The number of methoxy groups -OCH3 is 2. The van der Waals surface area contributed by atoms with Crippen molar-refractivity contribution in [3.05, 3.63) is 0 Å². The SMILES string of the molecule is CCN(CC(=O)OC)C(=O)NC(CCCOC)C(=O)O. The number of carboxylic acid groups (broad SMARTS) is 1. The first-order valence-corrected chi connectivity index (χ1v) is 6.30. The van der Waals surface area contributed by atoms with E-state index in [0.717, 1.165) is 0 Å². The Kier molecular flexibility index (Phi) is 9.10. The molecule has 8 nitrogen and oxygen atoms in total. The van der Waals surface area contributed by atoms with Gasteiger partial charge in [-0.3, -0.25) is 4.79 Å². The quantitative estimate of drug-likeness (QED) is 0.460.